The number of methoxy groups -OCH3 is 1. The van der Waals surface area contributed by atoms with E-state index in [4.69, 9.17) is 31.9 Å². The Hall–Kier alpha value is -1.54. The van der Waals surface area contributed by atoms with E-state index in [1.165, 1.54) is 27.0 Å². The van der Waals surface area contributed by atoms with Crippen LogP contribution in [0.3, 0.4) is 0 Å². The summed E-state index contributed by atoms with van der Waals surface area (Å²) >= 11 is 0. The van der Waals surface area contributed by atoms with Crippen molar-refractivity contribution in [3.8, 4) is 11.5 Å². The van der Waals surface area contributed by atoms with Crippen LogP contribution in [0.25, 0.3) is 0 Å². The van der Waals surface area contributed by atoms with Crippen LogP contribution in [0.15, 0.2) is 23.1 Å². The number of hydrogen-bond acceptors (Lipinski definition) is 12. The van der Waals surface area contributed by atoms with Crippen molar-refractivity contribution in [1.82, 2.24) is 4.72 Å². The number of nitrogens with one attached hydrogen (secondary N) is 1. The van der Waals surface area contributed by atoms with Gasteiger partial charge in [0.25, 0.3) is 0 Å². The maximum absolute atomic E-state index is 12.9. The van der Waals surface area contributed by atoms with E-state index in [1.54, 1.807) is 18.6 Å². The van der Waals surface area contributed by atoms with Gasteiger partial charge in [0.05, 0.1) is 38.4 Å². The quantitative estimate of drug-likeness (QED) is 0.214. The maximum Gasteiger partial charge on any atom is 0.530 e. The van der Waals surface area contributed by atoms with Crippen LogP contribution >= 0.6 is 15.6 Å². The molecule has 0 saturated carbocycles. The van der Waals surface area contributed by atoms with Gasteiger partial charge in [-0.25, -0.2) is 22.3 Å². The molecule has 14 nitrogen and oxygen atoms in total. The average Bonchev–Trinajstić information content (AvgIpc) is 2.73. The first-order chi connectivity index (χ1) is 15.9. The molecule has 0 aliphatic rings. The molecule has 0 heterocycles. The summed E-state index contributed by atoms with van der Waals surface area (Å²) in [6.07, 6.45) is -2.33. The summed E-state index contributed by atoms with van der Waals surface area (Å²) in [5, 5.41) is 9.39. The van der Waals surface area contributed by atoms with E-state index < -0.39 is 42.8 Å². The van der Waals surface area contributed by atoms with E-state index in [2.05, 4.69) is 0 Å². The fourth-order valence-corrected chi connectivity index (χ4v) is 5.86. The van der Waals surface area contributed by atoms with Gasteiger partial charge in [0.2, 0.25) is 16.3 Å². The fourth-order valence-electron chi connectivity index (χ4n) is 2.29. The maximum atomic E-state index is 12.9. The third-order valence-electron chi connectivity index (χ3n) is 3.53. The summed E-state index contributed by atoms with van der Waals surface area (Å²) in [6, 6.07) is 3.15. The third-order valence-corrected chi connectivity index (χ3v) is 8.11. The van der Waals surface area contributed by atoms with Crippen LogP contribution in [0, 0.1) is 0 Å². The highest BCUT2D eigenvalue weighted by Gasteiger charge is 2.37. The van der Waals surface area contributed by atoms with Gasteiger partial charge < -0.3 is 14.4 Å². The number of carboxylic acid groups (broad SMARTS) is 1. The molecular formula is C17H29NO13P2S. The average molecular weight is 549 g/mol. The van der Waals surface area contributed by atoms with Gasteiger partial charge in [-0.15, -0.1) is 0 Å². The Morgan fingerprint density at radius 2 is 1.44 bits per heavy atom. The van der Waals surface area contributed by atoms with E-state index in [1.807, 2.05) is 0 Å². The smallest absolute Gasteiger partial charge is 0.493 e. The molecule has 0 saturated heterocycles. The van der Waals surface area contributed by atoms with E-state index in [0.717, 1.165) is 12.1 Å². The predicted octanol–water partition coefficient (Wildman–Crippen LogP) is 3.14. The number of carbonyl (C=O) groups is 1. The summed E-state index contributed by atoms with van der Waals surface area (Å²) in [5.41, 5.74) is 0. The summed E-state index contributed by atoms with van der Waals surface area (Å²) in [7, 11) is -11.9. The van der Waals surface area contributed by atoms with E-state index in [0.29, 0.717) is 0 Å². The van der Waals surface area contributed by atoms with Crippen molar-refractivity contribution in [1.29, 1.82) is 0 Å². The Morgan fingerprint density at radius 3 is 1.88 bits per heavy atom. The molecule has 2 N–H and O–H groups in total. The molecule has 0 amide bonds. The summed E-state index contributed by atoms with van der Waals surface area (Å²) in [6.45, 7) is 5.63. The molecule has 0 spiro atoms. The molecule has 17 heteroatoms. The number of carboxylic acids is 1. The van der Waals surface area contributed by atoms with Gasteiger partial charge in [-0.2, -0.15) is 4.72 Å². The van der Waals surface area contributed by atoms with E-state index in [-0.39, 0.29) is 37.9 Å². The number of phosphoric acid groups is 2. The van der Waals surface area contributed by atoms with Crippen molar-refractivity contribution in [2.24, 2.45) is 0 Å². The van der Waals surface area contributed by atoms with E-state index in [9.17, 15) is 27.4 Å². The van der Waals surface area contributed by atoms with Crippen molar-refractivity contribution in [2.75, 3.05) is 33.5 Å². The number of hydrogen-bond donors (Lipinski definition) is 2. The highest BCUT2D eigenvalue weighted by atomic mass is 32.2. The Balaban J connectivity index is 3.32. The largest absolute Gasteiger partial charge is 0.530 e. The topological polar surface area (TPSA) is 182 Å². The second-order valence-electron chi connectivity index (χ2n) is 5.91. The summed E-state index contributed by atoms with van der Waals surface area (Å²) < 4.78 is 87.7. The van der Waals surface area contributed by atoms with Crippen LogP contribution in [0.4, 0.5) is 0 Å². The predicted molar refractivity (Wildman–Crippen MR) is 118 cm³/mol. The molecule has 1 rings (SSSR count). The van der Waals surface area contributed by atoms with Crippen LogP contribution in [-0.2, 0) is 46.6 Å². The van der Waals surface area contributed by atoms with Gasteiger partial charge >= 0.3 is 21.6 Å². The first-order valence-electron chi connectivity index (χ1n) is 9.98. The lowest BCUT2D eigenvalue weighted by Gasteiger charge is -2.22. The number of aliphatic carboxylic acids is 1. The first kappa shape index (κ1) is 30.5. The number of benzene rings is 1. The molecule has 0 bridgehead atoms. The molecule has 0 fully saturated rings. The molecule has 1 aromatic carbocycles. The second kappa shape index (κ2) is 13.5. The number of rotatable bonds is 17. The van der Waals surface area contributed by atoms with Crippen molar-refractivity contribution < 1.29 is 59.3 Å². The van der Waals surface area contributed by atoms with E-state index >= 15 is 0 Å². The molecule has 0 aliphatic carbocycles. The number of ether oxygens (including phenoxy) is 1. The fraction of sp³-hybridized carbons (Fsp3) is 0.588. The van der Waals surface area contributed by atoms with Gasteiger partial charge in [-0.1, -0.05) is 0 Å². The normalized spacial score (nSPS) is 13.4. The molecule has 34 heavy (non-hydrogen) atoms. The van der Waals surface area contributed by atoms with Crippen molar-refractivity contribution in [3.63, 3.8) is 0 Å². The van der Waals surface area contributed by atoms with Crippen molar-refractivity contribution in [3.05, 3.63) is 18.2 Å². The minimum Gasteiger partial charge on any atom is -0.493 e. The first-order valence-corrected chi connectivity index (χ1v) is 14.4. The van der Waals surface area contributed by atoms with Crippen molar-refractivity contribution >= 4 is 31.6 Å². The van der Waals surface area contributed by atoms with Gasteiger partial charge in [-0.05, 0) is 39.8 Å². The van der Waals surface area contributed by atoms with Crippen LogP contribution in [0.1, 0.15) is 27.7 Å². The second-order valence-corrected chi connectivity index (χ2v) is 10.8. The standard InChI is InChI=1S/C17H29NO13P2S/c1-6-26-32(21,27-7-2)30-15-12-13(10-11-14(15)25-5)34(23,24)18-16(17(19)20)31-33(22,28-8-3)29-9-4/h10-12,16,18H,6-9H2,1-5H3,(H,19,20). The Kier molecular flexibility index (Phi) is 12.1. The summed E-state index contributed by atoms with van der Waals surface area (Å²) in [4.78, 5) is 11.1. The lowest BCUT2D eigenvalue weighted by molar-refractivity contribution is -0.146. The van der Waals surface area contributed by atoms with Gasteiger partial charge in [0.1, 0.15) is 0 Å². The SMILES string of the molecule is CCOP(=O)(OCC)Oc1cc(S(=O)(=O)NC(OP(=O)(OCC)OCC)C(=O)O)ccc1OC. The zero-order chi connectivity index (χ0) is 26.0. The molecule has 1 aromatic rings. The number of phosphoric ester groups is 2. The Bertz CT molecular complexity index is 997. The van der Waals surface area contributed by atoms with Crippen molar-refractivity contribution in [2.45, 2.75) is 38.8 Å². The zero-order valence-electron chi connectivity index (χ0n) is 19.3. The molecule has 196 valence electrons. The van der Waals surface area contributed by atoms with Gasteiger partial charge in [-0.3, -0.25) is 22.6 Å². The minimum absolute atomic E-state index is 0.0122. The van der Waals surface area contributed by atoms with Crippen LogP contribution in [0.5, 0.6) is 11.5 Å². The summed E-state index contributed by atoms with van der Waals surface area (Å²) in [5.74, 6) is -2.15. The molecule has 1 unspecified atom stereocenters. The Labute approximate surface area is 198 Å². The highest BCUT2D eigenvalue weighted by molar-refractivity contribution is 7.89. The molecule has 0 radical (unpaired) electrons. The highest BCUT2D eigenvalue weighted by Crippen LogP contribution is 2.52. The van der Waals surface area contributed by atoms with Gasteiger partial charge in [0.15, 0.2) is 11.5 Å². The zero-order valence-corrected chi connectivity index (χ0v) is 21.9. The molecule has 0 aliphatic heterocycles. The minimum atomic E-state index is -4.63. The Morgan fingerprint density at radius 1 is 0.941 bits per heavy atom. The lowest BCUT2D eigenvalue weighted by atomic mass is 10.3. The van der Waals surface area contributed by atoms with Gasteiger partial charge in [0, 0.05) is 6.07 Å². The monoisotopic (exact) mass is 549 g/mol. The molecule has 1 atom stereocenters. The third kappa shape index (κ3) is 8.91. The number of sulfonamides is 1. The van der Waals surface area contributed by atoms with Crippen LogP contribution in [-0.4, -0.2) is 59.3 Å². The van der Waals surface area contributed by atoms with Crippen LogP contribution in [0.2, 0.25) is 0 Å². The lowest BCUT2D eigenvalue weighted by Crippen LogP contribution is -2.42. The van der Waals surface area contributed by atoms with Crippen LogP contribution < -0.4 is 14.0 Å². The molecule has 0 aromatic heterocycles. The molecular weight excluding hydrogens is 520 g/mol.